The van der Waals surface area contributed by atoms with Crippen LogP contribution >= 0.6 is 11.3 Å². The summed E-state index contributed by atoms with van der Waals surface area (Å²) in [5.41, 5.74) is 4.52. The zero-order valence-corrected chi connectivity index (χ0v) is 14.1. The Balaban J connectivity index is 0.00000161. The Labute approximate surface area is 134 Å². The SMILES string of the molecule is CNc1cc2sc3cc(=[N+](C)C)ccc-3nc2cc1C.[Cl-]. The van der Waals surface area contributed by atoms with Gasteiger partial charge in [-0.3, -0.25) is 0 Å². The number of benzene rings is 2. The summed E-state index contributed by atoms with van der Waals surface area (Å²) < 4.78 is 3.33. The summed E-state index contributed by atoms with van der Waals surface area (Å²) in [5, 5.41) is 4.44. The van der Waals surface area contributed by atoms with Crippen molar-refractivity contribution in [1.82, 2.24) is 9.56 Å². The van der Waals surface area contributed by atoms with Crippen LogP contribution in [0, 0.1) is 6.92 Å². The molecular formula is C16H18ClN3S. The monoisotopic (exact) mass is 319 g/mol. The largest absolute Gasteiger partial charge is 1.00 e. The predicted octanol–water partition coefficient (Wildman–Crippen LogP) is -0.213. The van der Waals surface area contributed by atoms with Crippen LogP contribution in [0.3, 0.4) is 0 Å². The first-order valence-corrected chi connectivity index (χ1v) is 7.43. The van der Waals surface area contributed by atoms with Crippen molar-refractivity contribution in [2.24, 2.45) is 0 Å². The minimum atomic E-state index is 0. The molecule has 3 nitrogen and oxygen atoms in total. The van der Waals surface area contributed by atoms with Crippen molar-refractivity contribution in [3.63, 3.8) is 0 Å². The van der Waals surface area contributed by atoms with Crippen LogP contribution in [0.15, 0.2) is 30.3 Å². The van der Waals surface area contributed by atoms with Gasteiger partial charge in [0.15, 0.2) is 0 Å². The second-order valence-electron chi connectivity index (χ2n) is 5.15. The highest BCUT2D eigenvalue weighted by molar-refractivity contribution is 7.21. The zero-order valence-electron chi connectivity index (χ0n) is 12.6. The van der Waals surface area contributed by atoms with Crippen molar-refractivity contribution < 1.29 is 12.4 Å². The Morgan fingerprint density at radius 3 is 2.57 bits per heavy atom. The number of rotatable bonds is 1. The molecule has 0 spiro atoms. The molecule has 5 heteroatoms. The number of fused-ring (bicyclic) bond motifs is 2. The van der Waals surface area contributed by atoms with Gasteiger partial charge in [0.2, 0.25) is 5.36 Å². The van der Waals surface area contributed by atoms with E-state index < -0.39 is 0 Å². The lowest BCUT2D eigenvalue weighted by molar-refractivity contribution is -0.00000412. The number of hydrogen-bond acceptors (Lipinski definition) is 3. The topological polar surface area (TPSA) is 27.9 Å². The first-order chi connectivity index (χ1) is 9.58. The van der Waals surface area contributed by atoms with E-state index in [1.165, 1.54) is 26.2 Å². The van der Waals surface area contributed by atoms with Crippen LogP contribution in [0.4, 0.5) is 5.69 Å². The molecular weight excluding hydrogens is 302 g/mol. The summed E-state index contributed by atoms with van der Waals surface area (Å²) >= 11 is 1.79. The standard InChI is InChI=1S/C16H17N3S.ClH/c1-10-7-14-16(9-13(10)17-2)20-15-8-11(19(3)4)5-6-12(15)18-14;/h5-9H,1-4H3;1H. The average Bonchev–Trinajstić information content (AvgIpc) is 2.43. The number of aromatic nitrogens is 1. The van der Waals surface area contributed by atoms with Gasteiger partial charge in [-0.25, -0.2) is 9.56 Å². The third-order valence-corrected chi connectivity index (χ3v) is 4.59. The van der Waals surface area contributed by atoms with Gasteiger partial charge < -0.3 is 17.7 Å². The second kappa shape index (κ2) is 6.00. The Hall–Kier alpha value is -1.65. The number of aryl methyl sites for hydroxylation is 1. The van der Waals surface area contributed by atoms with Crippen molar-refractivity contribution in [2.75, 3.05) is 26.5 Å². The van der Waals surface area contributed by atoms with E-state index in [0.717, 1.165) is 11.2 Å². The van der Waals surface area contributed by atoms with Gasteiger partial charge in [-0.1, -0.05) is 0 Å². The fourth-order valence-electron chi connectivity index (χ4n) is 2.31. The van der Waals surface area contributed by atoms with Gasteiger partial charge in [-0.05, 0) is 30.7 Å². The van der Waals surface area contributed by atoms with Gasteiger partial charge >= 0.3 is 0 Å². The summed E-state index contributed by atoms with van der Waals surface area (Å²) in [5.74, 6) is 0. The van der Waals surface area contributed by atoms with Crippen LogP contribution in [-0.2, 0) is 0 Å². The molecule has 0 saturated carbocycles. The fourth-order valence-corrected chi connectivity index (χ4v) is 3.34. The van der Waals surface area contributed by atoms with Gasteiger partial charge in [0.1, 0.15) is 14.1 Å². The molecule has 21 heavy (non-hydrogen) atoms. The van der Waals surface area contributed by atoms with E-state index >= 15 is 0 Å². The number of nitrogens with one attached hydrogen (secondary N) is 1. The summed E-state index contributed by atoms with van der Waals surface area (Å²) in [7, 11) is 6.07. The van der Waals surface area contributed by atoms with Gasteiger partial charge in [0.25, 0.3) is 0 Å². The first kappa shape index (κ1) is 15.7. The normalized spacial score (nSPS) is 10.5. The number of hydrogen-bond donors (Lipinski definition) is 1. The van der Waals surface area contributed by atoms with Crippen LogP contribution in [0.25, 0.3) is 20.8 Å². The Morgan fingerprint density at radius 1 is 1.14 bits per heavy atom. The second-order valence-corrected chi connectivity index (χ2v) is 6.23. The molecule has 0 saturated heterocycles. The molecule has 1 aliphatic heterocycles. The molecule has 1 heterocycles. The van der Waals surface area contributed by atoms with E-state index in [2.05, 4.69) is 61.2 Å². The van der Waals surface area contributed by atoms with Gasteiger partial charge in [0, 0.05) is 24.9 Å². The van der Waals surface area contributed by atoms with Crippen molar-refractivity contribution in [3.05, 3.63) is 41.3 Å². The van der Waals surface area contributed by atoms with E-state index in [-0.39, 0.29) is 12.4 Å². The van der Waals surface area contributed by atoms with Crippen LogP contribution in [-0.4, -0.2) is 26.1 Å². The van der Waals surface area contributed by atoms with E-state index in [4.69, 9.17) is 4.98 Å². The third-order valence-electron chi connectivity index (χ3n) is 3.50. The molecule has 0 amide bonds. The van der Waals surface area contributed by atoms with Gasteiger partial charge in [-0.2, -0.15) is 0 Å². The molecule has 110 valence electrons. The van der Waals surface area contributed by atoms with Crippen LogP contribution < -0.4 is 27.7 Å². The molecule has 2 aliphatic rings. The van der Waals surface area contributed by atoms with E-state index in [0.29, 0.717) is 0 Å². The maximum atomic E-state index is 4.78. The molecule has 1 aromatic rings. The molecule has 0 bridgehead atoms. The smallest absolute Gasteiger partial charge is 0.201 e. The number of halogens is 1. The maximum absolute atomic E-state index is 4.78. The maximum Gasteiger partial charge on any atom is 0.201 e. The highest BCUT2D eigenvalue weighted by Crippen LogP contribution is 2.32. The highest BCUT2D eigenvalue weighted by atomic mass is 35.5. The predicted molar refractivity (Wildman–Crippen MR) is 87.6 cm³/mol. The van der Waals surface area contributed by atoms with E-state index in [1.807, 2.05) is 7.05 Å². The molecule has 1 N–H and O–H groups in total. The molecule has 0 fully saturated rings. The van der Waals surface area contributed by atoms with Gasteiger partial charge in [0.05, 0.1) is 20.8 Å². The summed E-state index contributed by atoms with van der Waals surface area (Å²) in [6.45, 7) is 2.11. The third kappa shape index (κ3) is 2.87. The molecule has 3 rings (SSSR count). The molecule has 0 atom stereocenters. The van der Waals surface area contributed by atoms with Crippen molar-refractivity contribution in [1.29, 1.82) is 0 Å². The molecule has 1 aliphatic carbocycles. The summed E-state index contributed by atoms with van der Waals surface area (Å²) in [4.78, 5) is 6.00. The molecule has 0 aromatic heterocycles. The minimum absolute atomic E-state index is 0. The zero-order chi connectivity index (χ0) is 14.3. The Morgan fingerprint density at radius 2 is 1.90 bits per heavy atom. The molecule has 0 unspecified atom stereocenters. The Bertz CT molecular complexity index is 835. The number of anilines is 1. The van der Waals surface area contributed by atoms with E-state index in [1.54, 1.807) is 11.3 Å². The van der Waals surface area contributed by atoms with Crippen LogP contribution in [0.1, 0.15) is 5.56 Å². The van der Waals surface area contributed by atoms with Crippen molar-refractivity contribution >= 4 is 27.2 Å². The average molecular weight is 320 g/mol. The summed E-state index contributed by atoms with van der Waals surface area (Å²) in [6, 6.07) is 10.7. The quantitative estimate of drug-likeness (QED) is 0.496. The summed E-state index contributed by atoms with van der Waals surface area (Å²) in [6.07, 6.45) is 0. The molecule has 1 aromatic carbocycles. The molecule has 0 radical (unpaired) electrons. The van der Waals surface area contributed by atoms with Crippen molar-refractivity contribution in [3.8, 4) is 10.6 Å². The number of nitrogens with zero attached hydrogens (tertiary/aromatic N) is 2. The lowest BCUT2D eigenvalue weighted by Crippen LogP contribution is -3.00. The van der Waals surface area contributed by atoms with Crippen LogP contribution in [0.2, 0.25) is 0 Å². The lowest BCUT2D eigenvalue weighted by Gasteiger charge is -2.09. The lowest BCUT2D eigenvalue weighted by atomic mass is 10.2. The first-order valence-electron chi connectivity index (χ1n) is 6.62. The fraction of sp³-hybridized carbons (Fsp3) is 0.250. The van der Waals surface area contributed by atoms with Crippen molar-refractivity contribution in [2.45, 2.75) is 6.92 Å². The van der Waals surface area contributed by atoms with E-state index in [9.17, 15) is 0 Å². The minimum Gasteiger partial charge on any atom is -1.00 e. The van der Waals surface area contributed by atoms with Gasteiger partial charge in [-0.15, -0.1) is 11.3 Å². The Kier molecular flexibility index (Phi) is 4.49. The highest BCUT2D eigenvalue weighted by Gasteiger charge is 2.10. The van der Waals surface area contributed by atoms with Crippen LogP contribution in [0.5, 0.6) is 0 Å².